The number of aryl methyl sites for hydroxylation is 1. The molecule has 0 bridgehead atoms. The van der Waals surface area contributed by atoms with Crippen LogP contribution in [0.2, 0.25) is 0 Å². The van der Waals surface area contributed by atoms with Gasteiger partial charge in [0.1, 0.15) is 17.2 Å². The van der Waals surface area contributed by atoms with Crippen LogP contribution in [0.5, 0.6) is 0 Å². The van der Waals surface area contributed by atoms with Crippen LogP contribution in [0.3, 0.4) is 0 Å². The molecule has 0 saturated carbocycles. The lowest BCUT2D eigenvalue weighted by molar-refractivity contribution is 0.595. The quantitative estimate of drug-likeness (QED) is 0.227. The van der Waals surface area contributed by atoms with Gasteiger partial charge in [-0.2, -0.15) is 8.42 Å². The summed E-state index contributed by atoms with van der Waals surface area (Å²) in [5.74, 6) is 1.12. The highest BCUT2D eigenvalue weighted by Crippen LogP contribution is 2.29. The predicted molar refractivity (Wildman–Crippen MR) is 138 cm³/mol. The SMILES string of the molecule is CCCc1nc(SC)c(CC)n1Cc1ccc(-c2ccccc2S(=O)(=O)N=CN(C)C)cc1. The molecule has 1 aromatic heterocycles. The smallest absolute Gasteiger partial charge is 0.284 e. The molecule has 0 aliphatic rings. The lowest BCUT2D eigenvalue weighted by Gasteiger charge is -2.13. The topological polar surface area (TPSA) is 67.6 Å². The van der Waals surface area contributed by atoms with Gasteiger partial charge in [0.2, 0.25) is 0 Å². The van der Waals surface area contributed by atoms with E-state index in [1.165, 1.54) is 12.0 Å². The van der Waals surface area contributed by atoms with Crippen molar-refractivity contribution in [1.82, 2.24) is 14.5 Å². The monoisotopic (exact) mass is 484 g/mol. The summed E-state index contributed by atoms with van der Waals surface area (Å²) in [5, 5.41) is 1.11. The highest BCUT2D eigenvalue weighted by Gasteiger charge is 2.18. The average molecular weight is 485 g/mol. The third kappa shape index (κ3) is 5.86. The number of hydrogen-bond acceptors (Lipinski definition) is 4. The highest BCUT2D eigenvalue weighted by atomic mass is 32.2. The Balaban J connectivity index is 1.94. The standard InChI is InChI=1S/C25H32N4O2S2/c1-6-10-24-27-25(32-5)22(7-2)29(24)17-19-13-15-20(16-14-19)21-11-8-9-12-23(21)33(30,31)26-18-28(3)4/h8-9,11-16,18H,6-7,10,17H2,1-5H3. The van der Waals surface area contributed by atoms with Crippen molar-refractivity contribution in [2.75, 3.05) is 20.4 Å². The van der Waals surface area contributed by atoms with Gasteiger partial charge >= 0.3 is 0 Å². The first-order chi connectivity index (χ1) is 15.8. The van der Waals surface area contributed by atoms with Gasteiger partial charge < -0.3 is 9.47 Å². The van der Waals surface area contributed by atoms with E-state index in [4.69, 9.17) is 4.98 Å². The van der Waals surface area contributed by atoms with Crippen LogP contribution in [0, 0.1) is 0 Å². The minimum absolute atomic E-state index is 0.202. The molecule has 0 saturated heterocycles. The molecule has 0 spiro atoms. The van der Waals surface area contributed by atoms with Crippen molar-refractivity contribution in [3.63, 3.8) is 0 Å². The maximum absolute atomic E-state index is 12.8. The van der Waals surface area contributed by atoms with Gasteiger partial charge in [0, 0.05) is 32.6 Å². The molecule has 0 aliphatic carbocycles. The number of benzene rings is 2. The van der Waals surface area contributed by atoms with Crippen LogP contribution >= 0.6 is 11.8 Å². The molecule has 0 unspecified atom stereocenters. The van der Waals surface area contributed by atoms with E-state index in [1.54, 1.807) is 42.9 Å². The molecule has 176 valence electrons. The van der Waals surface area contributed by atoms with Crippen molar-refractivity contribution in [2.45, 2.75) is 49.6 Å². The molecule has 0 aliphatic heterocycles. The number of rotatable bonds is 10. The summed E-state index contributed by atoms with van der Waals surface area (Å²) in [7, 11) is -0.325. The molecule has 0 atom stereocenters. The maximum atomic E-state index is 12.8. The fourth-order valence-corrected chi connectivity index (χ4v) is 5.56. The maximum Gasteiger partial charge on any atom is 0.284 e. The number of aromatic nitrogens is 2. The Hall–Kier alpha value is -2.58. The molecule has 0 fully saturated rings. The second kappa shape index (κ2) is 11.0. The first-order valence-corrected chi connectivity index (χ1v) is 13.7. The van der Waals surface area contributed by atoms with E-state index in [2.05, 4.69) is 41.2 Å². The summed E-state index contributed by atoms with van der Waals surface area (Å²) in [4.78, 5) is 6.67. The molecule has 0 radical (unpaired) electrons. The highest BCUT2D eigenvalue weighted by molar-refractivity contribution is 7.98. The van der Waals surface area contributed by atoms with Crippen LogP contribution < -0.4 is 0 Å². The molecule has 1 heterocycles. The largest absolute Gasteiger partial charge is 0.368 e. The molecule has 6 nitrogen and oxygen atoms in total. The minimum atomic E-state index is -3.80. The van der Waals surface area contributed by atoms with Gasteiger partial charge in [-0.15, -0.1) is 16.2 Å². The molecule has 33 heavy (non-hydrogen) atoms. The van der Waals surface area contributed by atoms with Crippen molar-refractivity contribution in [1.29, 1.82) is 0 Å². The lowest BCUT2D eigenvalue weighted by atomic mass is 10.0. The summed E-state index contributed by atoms with van der Waals surface area (Å²) in [5.41, 5.74) is 3.91. The van der Waals surface area contributed by atoms with E-state index in [9.17, 15) is 8.42 Å². The molecule has 3 rings (SSSR count). The van der Waals surface area contributed by atoms with Gasteiger partial charge in [0.25, 0.3) is 10.0 Å². The molecule has 0 N–H and O–H groups in total. The van der Waals surface area contributed by atoms with E-state index in [0.29, 0.717) is 5.56 Å². The van der Waals surface area contributed by atoms with Gasteiger partial charge in [-0.25, -0.2) is 4.98 Å². The summed E-state index contributed by atoms with van der Waals surface area (Å²) < 4.78 is 31.7. The van der Waals surface area contributed by atoms with Crippen LogP contribution in [-0.2, 0) is 29.4 Å². The zero-order valence-corrected chi connectivity index (χ0v) is 21.6. The fraction of sp³-hybridized carbons (Fsp3) is 0.360. The van der Waals surface area contributed by atoms with Crippen molar-refractivity contribution in [2.24, 2.45) is 4.40 Å². The number of nitrogens with zero attached hydrogens (tertiary/aromatic N) is 4. The third-order valence-electron chi connectivity index (χ3n) is 5.30. The van der Waals surface area contributed by atoms with Gasteiger partial charge in [0.05, 0.1) is 10.6 Å². The van der Waals surface area contributed by atoms with E-state index in [0.717, 1.165) is 47.8 Å². The Bertz CT molecular complexity index is 1210. The zero-order valence-electron chi connectivity index (χ0n) is 19.9. The summed E-state index contributed by atoms with van der Waals surface area (Å²) in [6.45, 7) is 5.09. The van der Waals surface area contributed by atoms with Crippen LogP contribution in [0.4, 0.5) is 0 Å². The number of sulfonamides is 1. The van der Waals surface area contributed by atoms with Crippen LogP contribution in [0.1, 0.15) is 37.4 Å². The lowest BCUT2D eigenvalue weighted by Crippen LogP contribution is -2.10. The third-order valence-corrected chi connectivity index (χ3v) is 7.30. The number of hydrogen-bond donors (Lipinski definition) is 0. The van der Waals surface area contributed by atoms with E-state index in [-0.39, 0.29) is 4.90 Å². The minimum Gasteiger partial charge on any atom is -0.368 e. The van der Waals surface area contributed by atoms with Gasteiger partial charge in [-0.05, 0) is 36.3 Å². The molecular formula is C25H32N4O2S2. The molecule has 2 aromatic carbocycles. The van der Waals surface area contributed by atoms with Crippen molar-refractivity contribution >= 4 is 28.1 Å². The van der Waals surface area contributed by atoms with Gasteiger partial charge in [0.15, 0.2) is 0 Å². The van der Waals surface area contributed by atoms with Crippen molar-refractivity contribution in [3.05, 3.63) is 65.6 Å². The average Bonchev–Trinajstić information content (AvgIpc) is 3.14. The molecule has 3 aromatic rings. The van der Waals surface area contributed by atoms with Crippen molar-refractivity contribution < 1.29 is 8.42 Å². The van der Waals surface area contributed by atoms with Crippen LogP contribution in [0.15, 0.2) is 62.9 Å². The van der Waals surface area contributed by atoms with Crippen LogP contribution in [-0.4, -0.2) is 49.6 Å². The Morgan fingerprint density at radius 1 is 1.09 bits per heavy atom. The predicted octanol–water partition coefficient (Wildman–Crippen LogP) is 5.11. The van der Waals surface area contributed by atoms with E-state index >= 15 is 0 Å². The molecule has 0 amide bonds. The fourth-order valence-electron chi connectivity index (χ4n) is 3.74. The molecular weight excluding hydrogens is 452 g/mol. The zero-order chi connectivity index (χ0) is 24.0. The Morgan fingerprint density at radius 3 is 2.39 bits per heavy atom. The second-order valence-electron chi connectivity index (χ2n) is 8.03. The normalized spacial score (nSPS) is 11.9. The summed E-state index contributed by atoms with van der Waals surface area (Å²) in [6.07, 6.45) is 6.31. The van der Waals surface area contributed by atoms with Crippen molar-refractivity contribution in [3.8, 4) is 11.1 Å². The Morgan fingerprint density at radius 2 is 1.79 bits per heavy atom. The van der Waals surface area contributed by atoms with Gasteiger partial charge in [-0.1, -0.05) is 56.3 Å². The first-order valence-electron chi connectivity index (χ1n) is 11.1. The number of thioether (sulfide) groups is 1. The second-order valence-corrected chi connectivity index (χ2v) is 10.4. The van der Waals surface area contributed by atoms with E-state index < -0.39 is 10.0 Å². The Kier molecular flexibility index (Phi) is 8.37. The molecule has 8 heteroatoms. The van der Waals surface area contributed by atoms with Gasteiger partial charge in [-0.3, -0.25) is 0 Å². The first kappa shape index (κ1) is 25.1. The Labute approximate surface area is 201 Å². The number of imidazole rings is 1. The summed E-state index contributed by atoms with van der Waals surface area (Å²) >= 11 is 1.70. The summed E-state index contributed by atoms with van der Waals surface area (Å²) in [6, 6.07) is 15.1. The van der Waals surface area contributed by atoms with E-state index in [1.807, 2.05) is 24.3 Å². The van der Waals surface area contributed by atoms with Crippen LogP contribution in [0.25, 0.3) is 11.1 Å².